The number of rotatable bonds is 4. The molecule has 2 aromatic heterocycles. The average molecular weight is 331 g/mol. The Morgan fingerprint density at radius 1 is 1.42 bits per heavy atom. The standard InChI is InChI=1S/C17H25N5O2/c1-5-21-14-6-7-20(4)10-13(14)17(24)22-16(21)12(9-19-22)15(23)18-8-11(2)3/h9,11H,5-8,10H2,1-4H3,(H,18,23). The Labute approximate surface area is 141 Å². The first-order valence-corrected chi connectivity index (χ1v) is 8.53. The molecule has 0 spiro atoms. The lowest BCUT2D eigenvalue weighted by Crippen LogP contribution is -2.37. The second-order valence-corrected chi connectivity index (χ2v) is 6.86. The van der Waals surface area contributed by atoms with Crippen LogP contribution in [-0.2, 0) is 19.5 Å². The van der Waals surface area contributed by atoms with Gasteiger partial charge < -0.3 is 14.8 Å². The highest BCUT2D eigenvalue weighted by atomic mass is 16.2. The van der Waals surface area contributed by atoms with Crippen LogP contribution in [-0.4, -0.2) is 45.1 Å². The van der Waals surface area contributed by atoms with Gasteiger partial charge in [0.15, 0.2) is 5.65 Å². The molecule has 0 atom stereocenters. The van der Waals surface area contributed by atoms with Crippen molar-refractivity contribution in [2.45, 2.75) is 40.3 Å². The molecule has 0 aliphatic carbocycles. The molecule has 1 amide bonds. The number of likely N-dealkylation sites (N-methyl/N-ethyl adjacent to an activating group) is 1. The van der Waals surface area contributed by atoms with Crippen molar-refractivity contribution in [3.63, 3.8) is 0 Å². The lowest BCUT2D eigenvalue weighted by Gasteiger charge is -2.27. The molecule has 2 aromatic rings. The quantitative estimate of drug-likeness (QED) is 0.903. The van der Waals surface area contributed by atoms with E-state index < -0.39 is 0 Å². The number of amides is 1. The zero-order chi connectivity index (χ0) is 17.4. The molecule has 0 saturated carbocycles. The van der Waals surface area contributed by atoms with E-state index in [2.05, 4.69) is 19.9 Å². The van der Waals surface area contributed by atoms with Crippen LogP contribution in [0.25, 0.3) is 5.65 Å². The van der Waals surface area contributed by atoms with E-state index in [1.807, 2.05) is 27.8 Å². The van der Waals surface area contributed by atoms with E-state index in [1.54, 1.807) is 0 Å². The summed E-state index contributed by atoms with van der Waals surface area (Å²) in [4.78, 5) is 27.5. The fourth-order valence-corrected chi connectivity index (χ4v) is 3.28. The molecule has 3 rings (SSSR count). The van der Waals surface area contributed by atoms with Crippen molar-refractivity contribution in [3.8, 4) is 0 Å². The van der Waals surface area contributed by atoms with Gasteiger partial charge in [-0.05, 0) is 19.9 Å². The highest BCUT2D eigenvalue weighted by Crippen LogP contribution is 2.19. The van der Waals surface area contributed by atoms with Gasteiger partial charge in [0.2, 0.25) is 0 Å². The summed E-state index contributed by atoms with van der Waals surface area (Å²) in [5.74, 6) is 0.195. The van der Waals surface area contributed by atoms with E-state index in [0.29, 0.717) is 36.8 Å². The van der Waals surface area contributed by atoms with Crippen molar-refractivity contribution in [3.05, 3.63) is 33.4 Å². The summed E-state index contributed by atoms with van der Waals surface area (Å²) in [6.45, 7) is 8.96. The SMILES string of the molecule is CCn1c2c(c(=O)n3ncc(C(=O)NCC(C)C)c13)CN(C)CC2. The number of aromatic nitrogens is 3. The van der Waals surface area contributed by atoms with Crippen LogP contribution in [0.2, 0.25) is 0 Å². The van der Waals surface area contributed by atoms with Crippen molar-refractivity contribution >= 4 is 11.6 Å². The minimum Gasteiger partial charge on any atom is -0.352 e. The molecule has 0 aromatic carbocycles. The van der Waals surface area contributed by atoms with Crippen LogP contribution in [0.4, 0.5) is 0 Å². The van der Waals surface area contributed by atoms with Gasteiger partial charge in [-0.15, -0.1) is 0 Å². The Morgan fingerprint density at radius 2 is 2.17 bits per heavy atom. The molecule has 1 aliphatic rings. The minimum atomic E-state index is -0.173. The first kappa shape index (κ1) is 16.7. The summed E-state index contributed by atoms with van der Waals surface area (Å²) >= 11 is 0. The summed E-state index contributed by atoms with van der Waals surface area (Å²) in [5, 5.41) is 7.13. The van der Waals surface area contributed by atoms with Crippen LogP contribution >= 0.6 is 0 Å². The van der Waals surface area contributed by atoms with Crippen LogP contribution in [0.3, 0.4) is 0 Å². The Morgan fingerprint density at radius 3 is 2.83 bits per heavy atom. The summed E-state index contributed by atoms with van der Waals surface area (Å²) in [6, 6.07) is 0. The minimum absolute atomic E-state index is 0.112. The maximum absolute atomic E-state index is 12.8. The van der Waals surface area contributed by atoms with E-state index in [-0.39, 0.29) is 11.5 Å². The van der Waals surface area contributed by atoms with Crippen LogP contribution in [0, 0.1) is 5.92 Å². The normalized spacial score (nSPS) is 15.0. The Hall–Kier alpha value is -2.15. The fraction of sp³-hybridized carbons (Fsp3) is 0.588. The molecule has 0 bridgehead atoms. The van der Waals surface area contributed by atoms with Crippen LogP contribution in [0.5, 0.6) is 0 Å². The van der Waals surface area contributed by atoms with Gasteiger partial charge in [0.1, 0.15) is 5.56 Å². The lowest BCUT2D eigenvalue weighted by molar-refractivity contribution is 0.0950. The summed E-state index contributed by atoms with van der Waals surface area (Å²) in [7, 11) is 2.01. The number of carbonyl (C=O) groups excluding carboxylic acids is 1. The predicted octanol–water partition coefficient (Wildman–Crippen LogP) is 0.890. The van der Waals surface area contributed by atoms with Gasteiger partial charge in [0.05, 0.1) is 11.8 Å². The number of nitrogens with zero attached hydrogens (tertiary/aromatic N) is 4. The second-order valence-electron chi connectivity index (χ2n) is 6.86. The van der Waals surface area contributed by atoms with Crippen molar-refractivity contribution in [1.29, 1.82) is 0 Å². The molecule has 0 saturated heterocycles. The zero-order valence-corrected chi connectivity index (χ0v) is 14.8. The van der Waals surface area contributed by atoms with Crippen molar-refractivity contribution < 1.29 is 4.79 Å². The van der Waals surface area contributed by atoms with Crippen LogP contribution in [0.1, 0.15) is 42.4 Å². The number of fused-ring (bicyclic) bond motifs is 2. The number of hydrogen-bond donors (Lipinski definition) is 1. The predicted molar refractivity (Wildman–Crippen MR) is 92.3 cm³/mol. The molecule has 1 aliphatic heterocycles. The summed E-state index contributed by atoms with van der Waals surface area (Å²) in [5.41, 5.74) is 2.78. The maximum atomic E-state index is 12.8. The second kappa shape index (κ2) is 6.39. The first-order valence-electron chi connectivity index (χ1n) is 8.53. The molecule has 7 heteroatoms. The molecular formula is C17H25N5O2. The largest absolute Gasteiger partial charge is 0.352 e. The molecule has 130 valence electrons. The zero-order valence-electron chi connectivity index (χ0n) is 14.8. The van der Waals surface area contributed by atoms with Gasteiger partial charge in [-0.3, -0.25) is 9.59 Å². The lowest BCUT2D eigenvalue weighted by atomic mass is 10.1. The van der Waals surface area contributed by atoms with E-state index in [9.17, 15) is 9.59 Å². The van der Waals surface area contributed by atoms with Gasteiger partial charge in [0, 0.05) is 38.3 Å². The van der Waals surface area contributed by atoms with E-state index in [0.717, 1.165) is 24.2 Å². The maximum Gasteiger partial charge on any atom is 0.279 e. The average Bonchev–Trinajstić information content (AvgIpc) is 2.99. The first-order chi connectivity index (χ1) is 11.4. The Balaban J connectivity index is 2.16. The molecule has 24 heavy (non-hydrogen) atoms. The summed E-state index contributed by atoms with van der Waals surface area (Å²) in [6.07, 6.45) is 2.32. The highest BCUT2D eigenvalue weighted by molar-refractivity contribution is 5.99. The van der Waals surface area contributed by atoms with Crippen LogP contribution < -0.4 is 10.9 Å². The van der Waals surface area contributed by atoms with E-state index in [4.69, 9.17) is 0 Å². The molecule has 7 nitrogen and oxygen atoms in total. The van der Waals surface area contributed by atoms with Gasteiger partial charge in [-0.25, -0.2) is 0 Å². The fourth-order valence-electron chi connectivity index (χ4n) is 3.28. The highest BCUT2D eigenvalue weighted by Gasteiger charge is 2.25. The Bertz CT molecular complexity index is 834. The third kappa shape index (κ3) is 2.73. The Kier molecular flexibility index (Phi) is 4.45. The topological polar surface area (TPSA) is 71.6 Å². The molecule has 3 heterocycles. The molecular weight excluding hydrogens is 306 g/mol. The van der Waals surface area contributed by atoms with Gasteiger partial charge in [0.25, 0.3) is 11.5 Å². The molecule has 0 radical (unpaired) electrons. The summed E-state index contributed by atoms with van der Waals surface area (Å²) < 4.78 is 3.45. The van der Waals surface area contributed by atoms with Gasteiger partial charge in [-0.2, -0.15) is 9.61 Å². The molecule has 1 N–H and O–H groups in total. The van der Waals surface area contributed by atoms with E-state index in [1.165, 1.54) is 10.7 Å². The monoisotopic (exact) mass is 331 g/mol. The number of hydrogen-bond acceptors (Lipinski definition) is 4. The third-order valence-corrected chi connectivity index (χ3v) is 4.51. The van der Waals surface area contributed by atoms with Gasteiger partial charge >= 0.3 is 0 Å². The smallest absolute Gasteiger partial charge is 0.279 e. The molecule has 0 fully saturated rings. The molecule has 0 unspecified atom stereocenters. The van der Waals surface area contributed by atoms with Crippen LogP contribution in [0.15, 0.2) is 11.0 Å². The van der Waals surface area contributed by atoms with E-state index >= 15 is 0 Å². The number of aryl methyl sites for hydroxylation is 1. The van der Waals surface area contributed by atoms with Gasteiger partial charge in [-0.1, -0.05) is 13.8 Å². The van der Waals surface area contributed by atoms with Crippen molar-refractivity contribution in [2.75, 3.05) is 20.1 Å². The number of nitrogens with one attached hydrogen (secondary N) is 1. The van der Waals surface area contributed by atoms with Crippen molar-refractivity contribution in [1.82, 2.24) is 24.4 Å². The van der Waals surface area contributed by atoms with Crippen molar-refractivity contribution in [2.24, 2.45) is 5.92 Å². The third-order valence-electron chi connectivity index (χ3n) is 4.51. The number of carbonyl (C=O) groups is 1.